The summed E-state index contributed by atoms with van der Waals surface area (Å²) in [5.74, 6) is 1.26. The molecule has 2 aromatic heterocycles. The second-order valence-electron chi connectivity index (χ2n) is 8.84. The van der Waals surface area contributed by atoms with E-state index >= 15 is 0 Å². The van der Waals surface area contributed by atoms with Crippen LogP contribution in [0.1, 0.15) is 37.1 Å². The Morgan fingerprint density at radius 1 is 0.867 bits per heavy atom. The first-order valence-electron chi connectivity index (χ1n) is 11.0. The van der Waals surface area contributed by atoms with Gasteiger partial charge in [-0.3, -0.25) is 14.8 Å². The molecule has 6 heteroatoms. The van der Waals surface area contributed by atoms with E-state index in [9.17, 15) is 0 Å². The fourth-order valence-corrected chi connectivity index (χ4v) is 5.17. The van der Waals surface area contributed by atoms with Gasteiger partial charge in [0.15, 0.2) is 0 Å². The van der Waals surface area contributed by atoms with E-state index in [1.807, 2.05) is 18.2 Å². The van der Waals surface area contributed by atoms with Crippen molar-refractivity contribution < 1.29 is 4.52 Å². The van der Waals surface area contributed by atoms with Crippen molar-refractivity contribution in [3.8, 4) is 11.5 Å². The topological polar surface area (TPSA) is 58.3 Å². The lowest BCUT2D eigenvalue weighted by atomic mass is 9.73. The van der Waals surface area contributed by atoms with Gasteiger partial charge in [-0.05, 0) is 61.9 Å². The zero-order chi connectivity index (χ0) is 20.2. The second-order valence-corrected chi connectivity index (χ2v) is 8.84. The molecule has 1 atom stereocenters. The van der Waals surface area contributed by atoms with E-state index in [1.54, 1.807) is 6.20 Å². The number of likely N-dealkylation sites (tertiary alicyclic amines) is 2. The highest BCUT2D eigenvalue weighted by atomic mass is 16.5. The van der Waals surface area contributed by atoms with Gasteiger partial charge in [0, 0.05) is 25.8 Å². The zero-order valence-electron chi connectivity index (χ0n) is 17.4. The van der Waals surface area contributed by atoms with Crippen molar-refractivity contribution in [2.24, 2.45) is 5.41 Å². The van der Waals surface area contributed by atoms with Crippen LogP contribution in [0, 0.1) is 5.41 Å². The van der Waals surface area contributed by atoms with Crippen molar-refractivity contribution in [3.05, 3.63) is 66.2 Å². The lowest BCUT2D eigenvalue weighted by molar-refractivity contribution is 0.00462. The van der Waals surface area contributed by atoms with Crippen LogP contribution in [0.2, 0.25) is 0 Å². The molecule has 1 unspecified atom stereocenters. The first kappa shape index (κ1) is 19.4. The third-order valence-electron chi connectivity index (χ3n) is 6.45. The summed E-state index contributed by atoms with van der Waals surface area (Å²) in [5, 5.41) is 4.13. The first-order valence-corrected chi connectivity index (χ1v) is 11.0. The second kappa shape index (κ2) is 8.66. The van der Waals surface area contributed by atoms with Gasteiger partial charge in [-0.2, -0.15) is 4.98 Å². The molecule has 2 fully saturated rings. The molecule has 30 heavy (non-hydrogen) atoms. The SMILES string of the molecule is c1ccc(CN2CCCC3(CCCN(Cc4nc(-c5ccccn5)no4)C3)C2)cc1. The molecule has 5 rings (SSSR count). The van der Waals surface area contributed by atoms with Crippen molar-refractivity contribution in [1.82, 2.24) is 24.9 Å². The van der Waals surface area contributed by atoms with E-state index < -0.39 is 0 Å². The molecule has 2 aliphatic rings. The largest absolute Gasteiger partial charge is 0.337 e. The van der Waals surface area contributed by atoms with E-state index in [0.717, 1.165) is 31.9 Å². The van der Waals surface area contributed by atoms with Gasteiger partial charge in [0.1, 0.15) is 5.69 Å². The minimum atomic E-state index is 0.384. The Kier molecular flexibility index (Phi) is 5.60. The number of pyridine rings is 1. The summed E-state index contributed by atoms with van der Waals surface area (Å²) in [5.41, 5.74) is 2.55. The standard InChI is InChI=1S/C24H29N5O/c1-2-8-20(9-3-1)16-28-14-6-11-24(18-28)12-7-15-29(19-24)17-22-26-23(27-30-22)21-10-4-5-13-25-21/h1-5,8-10,13H,6-7,11-12,14-19H2. The van der Waals surface area contributed by atoms with Gasteiger partial charge in [0.25, 0.3) is 0 Å². The van der Waals surface area contributed by atoms with Crippen LogP contribution in [0.25, 0.3) is 11.5 Å². The van der Waals surface area contributed by atoms with E-state index in [2.05, 4.69) is 55.3 Å². The van der Waals surface area contributed by atoms with Crippen molar-refractivity contribution >= 4 is 0 Å². The number of hydrogen-bond donors (Lipinski definition) is 0. The number of rotatable bonds is 5. The summed E-state index contributed by atoms with van der Waals surface area (Å²) in [7, 11) is 0. The molecule has 2 aliphatic heterocycles. The average Bonchev–Trinajstić information content (AvgIpc) is 3.24. The number of piperidine rings is 2. The molecule has 0 saturated carbocycles. The molecule has 1 aromatic carbocycles. The molecular weight excluding hydrogens is 374 g/mol. The van der Waals surface area contributed by atoms with E-state index in [0.29, 0.717) is 17.1 Å². The van der Waals surface area contributed by atoms with Crippen LogP contribution in [0.3, 0.4) is 0 Å². The number of hydrogen-bond acceptors (Lipinski definition) is 6. The summed E-state index contributed by atoms with van der Waals surface area (Å²) in [6.45, 7) is 6.37. The third-order valence-corrected chi connectivity index (χ3v) is 6.45. The molecule has 0 aliphatic carbocycles. The molecule has 0 radical (unpaired) electrons. The van der Waals surface area contributed by atoms with Crippen LogP contribution in [0.15, 0.2) is 59.3 Å². The van der Waals surface area contributed by atoms with Gasteiger partial charge < -0.3 is 4.52 Å². The summed E-state index contributed by atoms with van der Waals surface area (Å²) >= 11 is 0. The average molecular weight is 404 g/mol. The van der Waals surface area contributed by atoms with Crippen LogP contribution in [-0.4, -0.2) is 51.1 Å². The molecule has 2 saturated heterocycles. The maximum atomic E-state index is 5.54. The lowest BCUT2D eigenvalue weighted by Gasteiger charge is -2.48. The summed E-state index contributed by atoms with van der Waals surface area (Å²) in [6, 6.07) is 16.6. The quantitative estimate of drug-likeness (QED) is 0.642. The van der Waals surface area contributed by atoms with Crippen molar-refractivity contribution in [1.29, 1.82) is 0 Å². The molecule has 0 N–H and O–H groups in total. The Labute approximate surface area is 177 Å². The number of benzene rings is 1. The molecule has 6 nitrogen and oxygen atoms in total. The summed E-state index contributed by atoms with van der Waals surface area (Å²) < 4.78 is 5.54. The molecule has 0 amide bonds. The van der Waals surface area contributed by atoms with Gasteiger partial charge in [0.05, 0.1) is 6.54 Å². The van der Waals surface area contributed by atoms with E-state index in [1.165, 1.54) is 44.3 Å². The van der Waals surface area contributed by atoms with Crippen LogP contribution >= 0.6 is 0 Å². The Morgan fingerprint density at radius 2 is 1.60 bits per heavy atom. The van der Waals surface area contributed by atoms with Gasteiger partial charge in [-0.1, -0.05) is 41.6 Å². The van der Waals surface area contributed by atoms with Crippen LogP contribution < -0.4 is 0 Å². The smallest absolute Gasteiger partial charge is 0.241 e. The maximum absolute atomic E-state index is 5.54. The molecule has 4 heterocycles. The highest BCUT2D eigenvalue weighted by Crippen LogP contribution is 2.39. The van der Waals surface area contributed by atoms with Crippen LogP contribution in [0.5, 0.6) is 0 Å². The Balaban J connectivity index is 1.23. The minimum absolute atomic E-state index is 0.384. The predicted octanol–water partition coefficient (Wildman–Crippen LogP) is 4.01. The Bertz CT molecular complexity index is 940. The molecular formula is C24H29N5O. The van der Waals surface area contributed by atoms with Crippen LogP contribution in [-0.2, 0) is 13.1 Å². The van der Waals surface area contributed by atoms with E-state index in [4.69, 9.17) is 4.52 Å². The van der Waals surface area contributed by atoms with Crippen molar-refractivity contribution in [2.45, 2.75) is 38.8 Å². The fourth-order valence-electron chi connectivity index (χ4n) is 5.17. The van der Waals surface area contributed by atoms with Crippen molar-refractivity contribution in [2.75, 3.05) is 26.2 Å². The highest BCUT2D eigenvalue weighted by Gasteiger charge is 2.39. The minimum Gasteiger partial charge on any atom is -0.337 e. The number of nitrogens with zero attached hydrogens (tertiary/aromatic N) is 5. The Hall–Kier alpha value is -2.57. The predicted molar refractivity (Wildman–Crippen MR) is 115 cm³/mol. The summed E-state index contributed by atoms with van der Waals surface area (Å²) in [4.78, 5) is 14.1. The van der Waals surface area contributed by atoms with Gasteiger partial charge in [-0.15, -0.1) is 0 Å². The summed E-state index contributed by atoms with van der Waals surface area (Å²) in [6.07, 6.45) is 6.91. The van der Waals surface area contributed by atoms with E-state index in [-0.39, 0.29) is 0 Å². The molecule has 1 spiro atoms. The van der Waals surface area contributed by atoms with Crippen molar-refractivity contribution in [3.63, 3.8) is 0 Å². The highest BCUT2D eigenvalue weighted by molar-refractivity contribution is 5.46. The third kappa shape index (κ3) is 4.45. The first-order chi connectivity index (χ1) is 14.8. The number of aromatic nitrogens is 3. The lowest BCUT2D eigenvalue weighted by Crippen LogP contribution is -2.51. The maximum Gasteiger partial charge on any atom is 0.241 e. The molecule has 3 aromatic rings. The van der Waals surface area contributed by atoms with Gasteiger partial charge in [0.2, 0.25) is 11.7 Å². The van der Waals surface area contributed by atoms with Gasteiger partial charge >= 0.3 is 0 Å². The normalized spacial score (nSPS) is 23.1. The van der Waals surface area contributed by atoms with Gasteiger partial charge in [-0.25, -0.2) is 0 Å². The Morgan fingerprint density at radius 3 is 2.33 bits per heavy atom. The molecule has 0 bridgehead atoms. The molecule has 156 valence electrons. The zero-order valence-corrected chi connectivity index (χ0v) is 17.4. The fraction of sp³-hybridized carbons (Fsp3) is 0.458. The monoisotopic (exact) mass is 403 g/mol. The van der Waals surface area contributed by atoms with Crippen LogP contribution in [0.4, 0.5) is 0 Å².